The van der Waals surface area contributed by atoms with Gasteiger partial charge >= 0.3 is 0 Å². The number of hydrogen-bond acceptors (Lipinski definition) is 2. The van der Waals surface area contributed by atoms with Crippen molar-refractivity contribution in [3.8, 4) is 0 Å². The van der Waals surface area contributed by atoms with Gasteiger partial charge in [-0.05, 0) is 43.9 Å². The molecule has 4 heteroatoms. The maximum absolute atomic E-state index is 13.5. The van der Waals surface area contributed by atoms with Crippen LogP contribution in [-0.2, 0) is 16.0 Å². The van der Waals surface area contributed by atoms with Crippen LogP contribution in [0.5, 0.6) is 0 Å². The fourth-order valence-electron chi connectivity index (χ4n) is 4.67. The average molecular weight is 393 g/mol. The Morgan fingerprint density at radius 3 is 2.24 bits per heavy atom. The van der Waals surface area contributed by atoms with Crippen molar-refractivity contribution >= 4 is 17.5 Å². The molecule has 0 aromatic heterocycles. The number of piperidine rings is 1. The van der Waals surface area contributed by atoms with Gasteiger partial charge in [-0.1, -0.05) is 62.4 Å². The lowest BCUT2D eigenvalue weighted by atomic mass is 9.72. The summed E-state index contributed by atoms with van der Waals surface area (Å²) in [7, 11) is 0. The molecule has 1 saturated heterocycles. The highest BCUT2D eigenvalue weighted by Crippen LogP contribution is 2.40. The number of para-hydroxylation sites is 1. The number of carbonyl (C=O) groups excluding carboxylic acids is 2. The molecular formula is C25H32N2O2. The van der Waals surface area contributed by atoms with Gasteiger partial charge in [0.1, 0.15) is 0 Å². The van der Waals surface area contributed by atoms with Crippen molar-refractivity contribution in [2.45, 2.75) is 46.6 Å². The van der Waals surface area contributed by atoms with E-state index in [1.807, 2.05) is 79.1 Å². The van der Waals surface area contributed by atoms with Crippen LogP contribution in [-0.4, -0.2) is 35.8 Å². The summed E-state index contributed by atoms with van der Waals surface area (Å²) in [5, 5.41) is 0. The van der Waals surface area contributed by atoms with Crippen molar-refractivity contribution in [3.05, 3.63) is 66.2 Å². The van der Waals surface area contributed by atoms with Crippen LogP contribution in [0.3, 0.4) is 0 Å². The molecule has 3 rings (SSSR count). The van der Waals surface area contributed by atoms with Crippen LogP contribution in [0.2, 0.25) is 0 Å². The first-order valence-electron chi connectivity index (χ1n) is 10.6. The standard InChI is InChI=1S/C25H32N2O2/c1-5-22(28)27(21-14-10-7-11-15-21)23-19(2)18-26(24(29)25(23,3)4)17-16-20-12-8-6-9-13-20/h6-15,19,23H,5,16-18H2,1-4H3. The lowest BCUT2D eigenvalue weighted by molar-refractivity contribution is -0.148. The summed E-state index contributed by atoms with van der Waals surface area (Å²) in [6.07, 6.45) is 1.26. The second kappa shape index (κ2) is 8.81. The first-order chi connectivity index (χ1) is 13.9. The summed E-state index contributed by atoms with van der Waals surface area (Å²) < 4.78 is 0. The van der Waals surface area contributed by atoms with Crippen molar-refractivity contribution < 1.29 is 9.59 Å². The second-order valence-corrected chi connectivity index (χ2v) is 8.58. The van der Waals surface area contributed by atoms with Crippen molar-refractivity contribution in [1.82, 2.24) is 4.90 Å². The van der Waals surface area contributed by atoms with Gasteiger partial charge in [-0.3, -0.25) is 9.59 Å². The molecule has 2 atom stereocenters. The molecule has 2 amide bonds. The predicted octanol–water partition coefficient (Wildman–Crippen LogP) is 4.55. The number of amides is 2. The largest absolute Gasteiger partial charge is 0.341 e. The van der Waals surface area contributed by atoms with Crippen LogP contribution in [0.1, 0.15) is 39.7 Å². The van der Waals surface area contributed by atoms with E-state index in [9.17, 15) is 9.59 Å². The monoisotopic (exact) mass is 392 g/mol. The molecule has 0 saturated carbocycles. The predicted molar refractivity (Wildman–Crippen MR) is 118 cm³/mol. The Morgan fingerprint density at radius 1 is 1.07 bits per heavy atom. The van der Waals surface area contributed by atoms with Crippen LogP contribution in [0, 0.1) is 11.3 Å². The Balaban J connectivity index is 1.85. The average Bonchev–Trinajstić information content (AvgIpc) is 2.73. The van der Waals surface area contributed by atoms with Gasteiger partial charge in [0.25, 0.3) is 0 Å². The Bertz CT molecular complexity index is 832. The summed E-state index contributed by atoms with van der Waals surface area (Å²) in [4.78, 5) is 30.3. The number of hydrogen-bond donors (Lipinski definition) is 0. The Kier molecular flexibility index (Phi) is 6.41. The molecule has 2 aromatic rings. The molecular weight excluding hydrogens is 360 g/mol. The molecule has 1 aliphatic rings. The molecule has 1 heterocycles. The minimum absolute atomic E-state index is 0.0617. The number of nitrogens with zero attached hydrogens (tertiary/aromatic N) is 2. The Hall–Kier alpha value is -2.62. The van der Waals surface area contributed by atoms with Gasteiger partial charge in [0.15, 0.2) is 0 Å². The van der Waals surface area contributed by atoms with Crippen LogP contribution in [0.25, 0.3) is 0 Å². The van der Waals surface area contributed by atoms with Crippen molar-refractivity contribution in [1.29, 1.82) is 0 Å². The van der Waals surface area contributed by atoms with E-state index < -0.39 is 5.41 Å². The molecule has 154 valence electrons. The van der Waals surface area contributed by atoms with E-state index in [0.717, 1.165) is 12.1 Å². The van der Waals surface area contributed by atoms with E-state index in [1.54, 1.807) is 0 Å². The first kappa shape index (κ1) is 21.1. The van der Waals surface area contributed by atoms with Crippen molar-refractivity contribution in [2.24, 2.45) is 11.3 Å². The van der Waals surface area contributed by atoms with E-state index in [1.165, 1.54) is 5.56 Å². The van der Waals surface area contributed by atoms with Gasteiger partial charge in [0, 0.05) is 25.2 Å². The second-order valence-electron chi connectivity index (χ2n) is 8.58. The molecule has 0 radical (unpaired) electrons. The molecule has 4 nitrogen and oxygen atoms in total. The quantitative estimate of drug-likeness (QED) is 0.724. The fraction of sp³-hybridized carbons (Fsp3) is 0.440. The lowest BCUT2D eigenvalue weighted by Crippen LogP contribution is -2.64. The third-order valence-electron chi connectivity index (χ3n) is 6.02. The number of rotatable bonds is 6. The summed E-state index contributed by atoms with van der Waals surface area (Å²) in [6, 6.07) is 19.9. The Labute approximate surface area is 174 Å². The van der Waals surface area contributed by atoms with Gasteiger partial charge < -0.3 is 9.80 Å². The number of carbonyl (C=O) groups is 2. The normalized spacial score (nSPS) is 21.1. The molecule has 1 aliphatic heterocycles. The fourth-order valence-corrected chi connectivity index (χ4v) is 4.67. The number of benzene rings is 2. The van der Waals surface area contributed by atoms with E-state index >= 15 is 0 Å². The van der Waals surface area contributed by atoms with Crippen LogP contribution in [0.4, 0.5) is 5.69 Å². The van der Waals surface area contributed by atoms with Crippen molar-refractivity contribution in [3.63, 3.8) is 0 Å². The summed E-state index contributed by atoms with van der Waals surface area (Å²) >= 11 is 0. The smallest absolute Gasteiger partial charge is 0.230 e. The van der Waals surface area contributed by atoms with Crippen LogP contribution < -0.4 is 4.90 Å². The highest BCUT2D eigenvalue weighted by molar-refractivity contribution is 5.96. The van der Waals surface area contributed by atoms with Crippen LogP contribution in [0.15, 0.2) is 60.7 Å². The SMILES string of the molecule is CCC(=O)N(c1ccccc1)C1C(C)CN(CCc2ccccc2)C(=O)C1(C)C. The number of likely N-dealkylation sites (tertiary alicyclic amines) is 1. The zero-order valence-corrected chi connectivity index (χ0v) is 18.0. The molecule has 2 unspecified atom stereocenters. The molecule has 29 heavy (non-hydrogen) atoms. The summed E-state index contributed by atoms with van der Waals surface area (Å²) in [5.41, 5.74) is 1.45. The topological polar surface area (TPSA) is 40.6 Å². The summed E-state index contributed by atoms with van der Waals surface area (Å²) in [5.74, 6) is 0.363. The van der Waals surface area contributed by atoms with Gasteiger partial charge in [0.2, 0.25) is 11.8 Å². The third kappa shape index (κ3) is 4.36. The number of anilines is 1. The molecule has 1 fully saturated rings. The van der Waals surface area contributed by atoms with Crippen molar-refractivity contribution in [2.75, 3.05) is 18.0 Å². The minimum Gasteiger partial charge on any atom is -0.341 e. The molecule has 0 aliphatic carbocycles. The van der Waals surface area contributed by atoms with Gasteiger partial charge in [-0.25, -0.2) is 0 Å². The van der Waals surface area contributed by atoms with Gasteiger partial charge in [-0.2, -0.15) is 0 Å². The Morgan fingerprint density at radius 2 is 1.66 bits per heavy atom. The molecule has 0 bridgehead atoms. The maximum Gasteiger partial charge on any atom is 0.230 e. The van der Waals surface area contributed by atoms with E-state index in [-0.39, 0.29) is 23.8 Å². The van der Waals surface area contributed by atoms with E-state index in [2.05, 4.69) is 19.1 Å². The first-order valence-corrected chi connectivity index (χ1v) is 10.6. The lowest BCUT2D eigenvalue weighted by Gasteiger charge is -2.51. The zero-order chi connectivity index (χ0) is 21.0. The van der Waals surface area contributed by atoms with E-state index in [4.69, 9.17) is 0 Å². The third-order valence-corrected chi connectivity index (χ3v) is 6.02. The van der Waals surface area contributed by atoms with Gasteiger partial charge in [0.05, 0.1) is 11.5 Å². The molecule has 0 N–H and O–H groups in total. The maximum atomic E-state index is 13.5. The molecule has 2 aromatic carbocycles. The van der Waals surface area contributed by atoms with Gasteiger partial charge in [-0.15, -0.1) is 0 Å². The zero-order valence-electron chi connectivity index (χ0n) is 18.0. The minimum atomic E-state index is -0.658. The highest BCUT2D eigenvalue weighted by atomic mass is 16.2. The van der Waals surface area contributed by atoms with E-state index in [0.29, 0.717) is 19.5 Å². The summed E-state index contributed by atoms with van der Waals surface area (Å²) in [6.45, 7) is 9.39. The highest BCUT2D eigenvalue weighted by Gasteiger charge is 2.50. The molecule has 0 spiro atoms. The van der Waals surface area contributed by atoms with Crippen LogP contribution >= 0.6 is 0 Å².